The average Bonchev–Trinajstić information content (AvgIpc) is 2.72. The monoisotopic (exact) mass is 241 g/mol. The van der Waals surface area contributed by atoms with Gasteiger partial charge in [0.25, 0.3) is 0 Å². The van der Waals surface area contributed by atoms with Crippen LogP contribution in [0, 0.1) is 0 Å². The lowest BCUT2D eigenvalue weighted by Gasteiger charge is -2.04. The molecule has 3 nitrogen and oxygen atoms in total. The number of nitrogens with one attached hydrogen (secondary N) is 2. The van der Waals surface area contributed by atoms with E-state index in [0.29, 0.717) is 6.04 Å². The molecule has 0 aliphatic carbocycles. The molecule has 0 saturated carbocycles. The molecular formula is C10H12ClN3S. The number of hydrogen-bond donors (Lipinski definition) is 2. The Labute approximate surface area is 97.5 Å². The fraction of sp³-hybridized carbons (Fsp3) is 0.300. The van der Waals surface area contributed by atoms with Crippen molar-refractivity contribution in [3.8, 4) is 10.6 Å². The zero-order valence-corrected chi connectivity index (χ0v) is 10.1. The Morgan fingerprint density at radius 1 is 1.47 bits per heavy atom. The third-order valence-corrected chi connectivity index (χ3v) is 3.12. The van der Waals surface area contributed by atoms with E-state index in [1.807, 2.05) is 18.2 Å². The Morgan fingerprint density at radius 2 is 2.27 bits per heavy atom. The molecule has 15 heavy (non-hydrogen) atoms. The summed E-state index contributed by atoms with van der Waals surface area (Å²) in [6, 6.07) is 6.24. The molecule has 0 unspecified atom stereocenters. The van der Waals surface area contributed by atoms with Gasteiger partial charge in [0.05, 0.1) is 14.9 Å². The maximum Gasteiger partial charge on any atom is 0.148 e. The SMILES string of the molecule is CC(C)Nc1cc(-c2ccc(Cl)s2)[nH]n1. The highest BCUT2D eigenvalue weighted by atomic mass is 35.5. The molecule has 2 aromatic rings. The molecule has 2 N–H and O–H groups in total. The third-order valence-electron chi connectivity index (χ3n) is 1.85. The molecule has 0 spiro atoms. The van der Waals surface area contributed by atoms with Crippen molar-refractivity contribution < 1.29 is 0 Å². The van der Waals surface area contributed by atoms with E-state index in [1.54, 1.807) is 0 Å². The van der Waals surface area contributed by atoms with Gasteiger partial charge in [-0.15, -0.1) is 11.3 Å². The molecule has 80 valence electrons. The van der Waals surface area contributed by atoms with Crippen molar-refractivity contribution in [3.05, 3.63) is 22.5 Å². The Kier molecular flexibility index (Phi) is 2.98. The number of rotatable bonds is 3. The first-order valence-electron chi connectivity index (χ1n) is 4.73. The van der Waals surface area contributed by atoms with E-state index in [4.69, 9.17) is 11.6 Å². The van der Waals surface area contributed by atoms with E-state index < -0.39 is 0 Å². The molecule has 0 saturated heterocycles. The highest BCUT2D eigenvalue weighted by Crippen LogP contribution is 2.30. The molecule has 2 rings (SSSR count). The molecule has 2 heterocycles. The van der Waals surface area contributed by atoms with Crippen LogP contribution >= 0.6 is 22.9 Å². The summed E-state index contributed by atoms with van der Waals surface area (Å²) in [4.78, 5) is 1.10. The predicted molar refractivity (Wildman–Crippen MR) is 65.7 cm³/mol. The summed E-state index contributed by atoms with van der Waals surface area (Å²) in [5, 5.41) is 10.4. The second-order valence-corrected chi connectivity index (χ2v) is 5.28. The minimum Gasteiger partial charge on any atom is -0.366 e. The molecule has 5 heteroatoms. The van der Waals surface area contributed by atoms with Crippen molar-refractivity contribution in [2.45, 2.75) is 19.9 Å². The minimum atomic E-state index is 0.382. The summed E-state index contributed by atoms with van der Waals surface area (Å²) in [6.45, 7) is 4.16. The molecule has 0 atom stereocenters. The zero-order valence-electron chi connectivity index (χ0n) is 8.54. The number of thiophene rings is 1. The van der Waals surface area contributed by atoms with Crippen LogP contribution in [0.5, 0.6) is 0 Å². The van der Waals surface area contributed by atoms with Gasteiger partial charge in [-0.1, -0.05) is 11.6 Å². The second kappa shape index (κ2) is 4.24. The van der Waals surface area contributed by atoms with Gasteiger partial charge in [-0.2, -0.15) is 5.10 Å². The van der Waals surface area contributed by atoms with Gasteiger partial charge in [-0.3, -0.25) is 5.10 Å². The van der Waals surface area contributed by atoms with Crippen molar-refractivity contribution in [1.82, 2.24) is 10.2 Å². The summed E-state index contributed by atoms with van der Waals surface area (Å²) in [5.74, 6) is 0.865. The predicted octanol–water partition coefficient (Wildman–Crippen LogP) is 3.61. The number of H-pyrrole nitrogens is 1. The largest absolute Gasteiger partial charge is 0.366 e. The summed E-state index contributed by atoms with van der Waals surface area (Å²) in [5.41, 5.74) is 0.995. The zero-order chi connectivity index (χ0) is 10.8. The first-order valence-corrected chi connectivity index (χ1v) is 5.92. The van der Waals surface area contributed by atoms with Crippen LogP contribution in [-0.4, -0.2) is 16.2 Å². The van der Waals surface area contributed by atoms with Crippen LogP contribution in [0.2, 0.25) is 4.34 Å². The van der Waals surface area contributed by atoms with Crippen LogP contribution in [0.25, 0.3) is 10.6 Å². The van der Waals surface area contributed by atoms with Crippen LogP contribution in [0.1, 0.15) is 13.8 Å². The maximum absolute atomic E-state index is 5.87. The normalized spacial score (nSPS) is 10.9. The molecule has 0 aliphatic heterocycles. The fourth-order valence-corrected chi connectivity index (χ4v) is 2.29. The molecule has 0 bridgehead atoms. The van der Waals surface area contributed by atoms with Crippen molar-refractivity contribution in [3.63, 3.8) is 0 Å². The average molecular weight is 242 g/mol. The third kappa shape index (κ3) is 2.52. The van der Waals surface area contributed by atoms with Crippen molar-refractivity contribution in [2.24, 2.45) is 0 Å². The number of hydrogen-bond acceptors (Lipinski definition) is 3. The molecule has 0 aromatic carbocycles. The van der Waals surface area contributed by atoms with Crippen molar-refractivity contribution in [2.75, 3.05) is 5.32 Å². The second-order valence-electron chi connectivity index (χ2n) is 3.57. The lowest BCUT2D eigenvalue weighted by molar-refractivity contribution is 0.884. The van der Waals surface area contributed by atoms with Gasteiger partial charge in [-0.25, -0.2) is 0 Å². The topological polar surface area (TPSA) is 40.7 Å². The Morgan fingerprint density at radius 3 is 2.87 bits per heavy atom. The van der Waals surface area contributed by atoms with E-state index >= 15 is 0 Å². The Bertz CT molecular complexity index is 447. The number of halogens is 1. The summed E-state index contributed by atoms with van der Waals surface area (Å²) in [7, 11) is 0. The lowest BCUT2D eigenvalue weighted by atomic mass is 10.3. The van der Waals surface area contributed by atoms with E-state index in [2.05, 4.69) is 29.4 Å². The molecule has 0 aliphatic rings. The maximum atomic E-state index is 5.87. The summed E-state index contributed by atoms with van der Waals surface area (Å²) in [6.07, 6.45) is 0. The molecule has 0 amide bonds. The highest BCUT2D eigenvalue weighted by molar-refractivity contribution is 7.19. The Hall–Kier alpha value is -1.00. The number of aromatic amines is 1. The molecular weight excluding hydrogens is 230 g/mol. The van der Waals surface area contributed by atoms with Gasteiger partial charge in [-0.05, 0) is 26.0 Å². The van der Waals surface area contributed by atoms with Crippen LogP contribution in [0.3, 0.4) is 0 Å². The smallest absolute Gasteiger partial charge is 0.148 e. The Balaban J connectivity index is 2.20. The fourth-order valence-electron chi connectivity index (χ4n) is 1.28. The van der Waals surface area contributed by atoms with Crippen LogP contribution in [0.4, 0.5) is 5.82 Å². The number of aromatic nitrogens is 2. The quantitative estimate of drug-likeness (QED) is 0.862. The van der Waals surface area contributed by atoms with Gasteiger partial charge < -0.3 is 5.32 Å². The van der Waals surface area contributed by atoms with Gasteiger partial charge >= 0.3 is 0 Å². The molecule has 2 aromatic heterocycles. The number of anilines is 1. The standard InChI is InChI=1S/C10H12ClN3S/c1-6(2)12-10-5-7(13-14-10)8-3-4-9(11)15-8/h3-6H,1-2H3,(H2,12,13,14). The molecule has 0 fully saturated rings. The van der Waals surface area contributed by atoms with E-state index in [9.17, 15) is 0 Å². The molecule has 0 radical (unpaired) electrons. The first-order chi connectivity index (χ1) is 7.15. The number of nitrogens with zero attached hydrogens (tertiary/aromatic N) is 1. The van der Waals surface area contributed by atoms with E-state index in [0.717, 1.165) is 20.7 Å². The first kappa shape index (κ1) is 10.5. The summed E-state index contributed by atoms with van der Waals surface area (Å²) >= 11 is 7.41. The van der Waals surface area contributed by atoms with Crippen molar-refractivity contribution >= 4 is 28.8 Å². The van der Waals surface area contributed by atoms with Gasteiger partial charge in [0.1, 0.15) is 5.82 Å². The van der Waals surface area contributed by atoms with E-state index in [1.165, 1.54) is 11.3 Å². The van der Waals surface area contributed by atoms with Gasteiger partial charge in [0, 0.05) is 12.1 Å². The van der Waals surface area contributed by atoms with Crippen molar-refractivity contribution in [1.29, 1.82) is 0 Å². The van der Waals surface area contributed by atoms with Gasteiger partial charge in [0.2, 0.25) is 0 Å². The van der Waals surface area contributed by atoms with Crippen LogP contribution in [0.15, 0.2) is 18.2 Å². The van der Waals surface area contributed by atoms with Gasteiger partial charge in [0.15, 0.2) is 0 Å². The lowest BCUT2D eigenvalue weighted by Crippen LogP contribution is -2.09. The summed E-state index contributed by atoms with van der Waals surface area (Å²) < 4.78 is 0.790. The van der Waals surface area contributed by atoms with E-state index in [-0.39, 0.29) is 0 Å². The highest BCUT2D eigenvalue weighted by Gasteiger charge is 2.06. The van der Waals surface area contributed by atoms with Crippen LogP contribution < -0.4 is 5.32 Å². The van der Waals surface area contributed by atoms with Crippen LogP contribution in [-0.2, 0) is 0 Å². The minimum absolute atomic E-state index is 0.382.